The van der Waals surface area contributed by atoms with Gasteiger partial charge in [0, 0.05) is 6.07 Å². The summed E-state index contributed by atoms with van der Waals surface area (Å²) in [7, 11) is -0.749. The van der Waals surface area contributed by atoms with Crippen LogP contribution in [0.3, 0.4) is 0 Å². The highest BCUT2D eigenvalue weighted by Crippen LogP contribution is 2.29. The maximum absolute atomic E-state index is 12.2. The van der Waals surface area contributed by atoms with Crippen molar-refractivity contribution >= 4 is 21.4 Å². The third-order valence-electron chi connectivity index (χ3n) is 3.10. The van der Waals surface area contributed by atoms with Gasteiger partial charge in [0.05, 0.1) is 24.8 Å². The molecule has 0 unspecified atom stereocenters. The molecule has 0 saturated heterocycles. The van der Waals surface area contributed by atoms with Gasteiger partial charge in [-0.05, 0) is 24.3 Å². The Balaban J connectivity index is 2.17. The molecule has 6 nitrogen and oxygen atoms in total. The number of anilines is 1. The van der Waals surface area contributed by atoms with Crippen molar-refractivity contribution in [3.63, 3.8) is 0 Å². The molecular formula is C16H17NO5S. The fraction of sp³-hybridized carbons (Fsp3) is 0.188. The average molecular weight is 335 g/mol. The molecule has 7 heteroatoms. The van der Waals surface area contributed by atoms with Gasteiger partial charge < -0.3 is 14.8 Å². The van der Waals surface area contributed by atoms with Gasteiger partial charge in [-0.2, -0.15) is 0 Å². The van der Waals surface area contributed by atoms with Crippen molar-refractivity contribution in [2.45, 2.75) is 4.90 Å². The fourth-order valence-electron chi connectivity index (χ4n) is 1.98. The molecule has 0 aromatic heterocycles. The number of sulfone groups is 1. The maximum Gasteiger partial charge on any atom is 0.240 e. The number of hydrogen-bond donors (Lipinski definition) is 1. The molecule has 0 heterocycles. The number of nitrogens with one attached hydrogen (secondary N) is 1. The van der Waals surface area contributed by atoms with Crippen LogP contribution in [-0.4, -0.2) is 34.3 Å². The molecule has 1 N–H and O–H groups in total. The van der Waals surface area contributed by atoms with Crippen LogP contribution in [0.2, 0.25) is 0 Å². The molecule has 2 aromatic rings. The summed E-state index contributed by atoms with van der Waals surface area (Å²) < 4.78 is 34.6. The quantitative estimate of drug-likeness (QED) is 0.874. The van der Waals surface area contributed by atoms with E-state index >= 15 is 0 Å². The summed E-state index contributed by atoms with van der Waals surface area (Å²) in [5.41, 5.74) is 0.347. The Morgan fingerprint density at radius 3 is 2.35 bits per heavy atom. The highest BCUT2D eigenvalue weighted by Gasteiger charge is 2.20. The highest BCUT2D eigenvalue weighted by molar-refractivity contribution is 7.92. The molecule has 1 amide bonds. The summed E-state index contributed by atoms with van der Waals surface area (Å²) in [5.74, 6) is -0.374. The third-order valence-corrected chi connectivity index (χ3v) is 4.74. The number of ether oxygens (including phenoxy) is 2. The third kappa shape index (κ3) is 4.23. The predicted octanol–water partition coefficient (Wildman–Crippen LogP) is 2.12. The molecule has 2 aromatic carbocycles. The Morgan fingerprint density at radius 1 is 1.04 bits per heavy atom. The summed E-state index contributed by atoms with van der Waals surface area (Å²) in [6.45, 7) is 0. The number of hydrogen-bond acceptors (Lipinski definition) is 5. The van der Waals surface area contributed by atoms with Gasteiger partial charge in [0.15, 0.2) is 9.84 Å². The number of benzene rings is 2. The van der Waals surface area contributed by atoms with Gasteiger partial charge in [0.25, 0.3) is 0 Å². The van der Waals surface area contributed by atoms with Crippen LogP contribution in [0.15, 0.2) is 53.4 Å². The minimum atomic E-state index is -3.70. The predicted molar refractivity (Wildman–Crippen MR) is 86.7 cm³/mol. The number of rotatable bonds is 6. The Morgan fingerprint density at radius 2 is 1.74 bits per heavy atom. The first kappa shape index (κ1) is 16.8. The first-order chi connectivity index (χ1) is 11.0. The zero-order valence-corrected chi connectivity index (χ0v) is 13.6. The molecule has 2 rings (SSSR count). The first-order valence-electron chi connectivity index (χ1n) is 6.76. The van der Waals surface area contributed by atoms with Crippen LogP contribution in [0.25, 0.3) is 0 Å². The molecule has 0 bridgehead atoms. The molecule has 0 aliphatic heterocycles. The topological polar surface area (TPSA) is 81.7 Å². The lowest BCUT2D eigenvalue weighted by Gasteiger charge is -2.12. The molecule has 0 aliphatic carbocycles. The largest absolute Gasteiger partial charge is 0.497 e. The van der Waals surface area contributed by atoms with Crippen molar-refractivity contribution in [3.8, 4) is 11.5 Å². The van der Waals surface area contributed by atoms with Crippen LogP contribution in [0.1, 0.15) is 0 Å². The Kier molecular flexibility index (Phi) is 5.23. The van der Waals surface area contributed by atoms with Crippen LogP contribution in [-0.2, 0) is 14.6 Å². The molecule has 23 heavy (non-hydrogen) atoms. The summed E-state index contributed by atoms with van der Waals surface area (Å²) in [4.78, 5) is 12.2. The zero-order chi connectivity index (χ0) is 16.9. The van der Waals surface area contributed by atoms with Crippen molar-refractivity contribution < 1.29 is 22.7 Å². The highest BCUT2D eigenvalue weighted by atomic mass is 32.2. The monoisotopic (exact) mass is 335 g/mol. The number of carbonyl (C=O) groups is 1. The van der Waals surface area contributed by atoms with E-state index in [2.05, 4.69) is 5.32 Å². The summed E-state index contributed by atoms with van der Waals surface area (Å²) in [5, 5.41) is 2.54. The Bertz CT molecular complexity index is 787. The molecule has 0 aliphatic rings. The van der Waals surface area contributed by atoms with Gasteiger partial charge in [-0.15, -0.1) is 0 Å². The average Bonchev–Trinajstić information content (AvgIpc) is 2.55. The molecular weight excluding hydrogens is 318 g/mol. The lowest BCUT2D eigenvalue weighted by atomic mass is 10.2. The number of methoxy groups -OCH3 is 2. The Hall–Kier alpha value is -2.54. The minimum Gasteiger partial charge on any atom is -0.497 e. The SMILES string of the molecule is COc1ccc(OC)c(NC(=O)CS(=O)(=O)c2ccccc2)c1. The van der Waals surface area contributed by atoms with Crippen LogP contribution >= 0.6 is 0 Å². The smallest absolute Gasteiger partial charge is 0.240 e. The van der Waals surface area contributed by atoms with E-state index in [1.54, 1.807) is 36.4 Å². The second-order valence-electron chi connectivity index (χ2n) is 4.69. The van der Waals surface area contributed by atoms with Gasteiger partial charge in [0.1, 0.15) is 17.3 Å². The standard InChI is InChI=1S/C16H17NO5S/c1-21-12-8-9-15(22-2)14(10-12)17-16(18)11-23(19,20)13-6-4-3-5-7-13/h3-10H,11H2,1-2H3,(H,17,18). The summed E-state index contributed by atoms with van der Waals surface area (Å²) in [6, 6.07) is 12.7. The second kappa shape index (κ2) is 7.15. The molecule has 0 radical (unpaired) electrons. The number of carbonyl (C=O) groups excluding carboxylic acids is 1. The molecule has 0 spiro atoms. The van der Waals surface area contributed by atoms with Gasteiger partial charge in [-0.1, -0.05) is 18.2 Å². The van der Waals surface area contributed by atoms with E-state index in [0.29, 0.717) is 17.2 Å². The fourth-order valence-corrected chi connectivity index (χ4v) is 3.14. The molecule has 0 saturated carbocycles. The Labute approximate surface area is 135 Å². The lowest BCUT2D eigenvalue weighted by Crippen LogP contribution is -2.23. The van der Waals surface area contributed by atoms with E-state index in [1.165, 1.54) is 26.4 Å². The molecule has 122 valence electrons. The van der Waals surface area contributed by atoms with Crippen molar-refractivity contribution in [2.75, 3.05) is 25.3 Å². The van der Waals surface area contributed by atoms with E-state index in [-0.39, 0.29) is 4.90 Å². The van der Waals surface area contributed by atoms with Crippen molar-refractivity contribution in [3.05, 3.63) is 48.5 Å². The van der Waals surface area contributed by atoms with Crippen LogP contribution in [0, 0.1) is 0 Å². The van der Waals surface area contributed by atoms with Gasteiger partial charge in [-0.25, -0.2) is 8.42 Å². The van der Waals surface area contributed by atoms with Crippen LogP contribution in [0.4, 0.5) is 5.69 Å². The molecule has 0 fully saturated rings. The van der Waals surface area contributed by atoms with Crippen molar-refractivity contribution in [1.29, 1.82) is 0 Å². The van der Waals surface area contributed by atoms with Crippen molar-refractivity contribution in [1.82, 2.24) is 0 Å². The number of amides is 1. The van der Waals surface area contributed by atoms with Gasteiger partial charge >= 0.3 is 0 Å². The summed E-state index contributed by atoms with van der Waals surface area (Å²) in [6.07, 6.45) is 0. The second-order valence-corrected chi connectivity index (χ2v) is 6.68. The van der Waals surface area contributed by atoms with Crippen LogP contribution in [0.5, 0.6) is 11.5 Å². The van der Waals surface area contributed by atoms with Gasteiger partial charge in [0.2, 0.25) is 5.91 Å². The first-order valence-corrected chi connectivity index (χ1v) is 8.41. The van der Waals surface area contributed by atoms with Crippen molar-refractivity contribution in [2.24, 2.45) is 0 Å². The minimum absolute atomic E-state index is 0.104. The van der Waals surface area contributed by atoms with E-state index in [1.807, 2.05) is 0 Å². The van der Waals surface area contributed by atoms with E-state index in [0.717, 1.165) is 0 Å². The van der Waals surface area contributed by atoms with Gasteiger partial charge in [-0.3, -0.25) is 4.79 Å². The lowest BCUT2D eigenvalue weighted by molar-refractivity contribution is -0.113. The summed E-state index contributed by atoms with van der Waals surface area (Å²) >= 11 is 0. The van der Waals surface area contributed by atoms with E-state index < -0.39 is 21.5 Å². The maximum atomic E-state index is 12.2. The molecule has 0 atom stereocenters. The van der Waals surface area contributed by atoms with E-state index in [4.69, 9.17) is 9.47 Å². The van der Waals surface area contributed by atoms with E-state index in [9.17, 15) is 13.2 Å². The zero-order valence-electron chi connectivity index (χ0n) is 12.8. The normalized spacial score (nSPS) is 10.9. The van der Waals surface area contributed by atoms with Crippen LogP contribution < -0.4 is 14.8 Å².